The smallest absolute Gasteiger partial charge is 0.267 e. The lowest BCUT2D eigenvalue weighted by Crippen LogP contribution is -2.26. The molecule has 1 amide bonds. The summed E-state index contributed by atoms with van der Waals surface area (Å²) < 4.78 is 7.18. The average Bonchev–Trinajstić information content (AvgIpc) is 2.92. The van der Waals surface area contributed by atoms with Crippen LogP contribution < -0.4 is 10.1 Å². The number of hydrogen-bond donors (Lipinski definition) is 1. The number of nitrogens with zero attached hydrogens (tertiary/aromatic N) is 1. The van der Waals surface area contributed by atoms with E-state index in [9.17, 15) is 4.79 Å². The summed E-state index contributed by atoms with van der Waals surface area (Å²) in [6.07, 6.45) is 8.25. The second-order valence-electron chi connectivity index (χ2n) is 6.13. The van der Waals surface area contributed by atoms with Gasteiger partial charge in [0.15, 0.2) is 0 Å². The minimum Gasteiger partial charge on any atom is -0.497 e. The van der Waals surface area contributed by atoms with E-state index >= 15 is 0 Å². The van der Waals surface area contributed by atoms with Crippen LogP contribution in [0.4, 0.5) is 0 Å². The highest BCUT2D eigenvalue weighted by Gasteiger charge is 2.13. The summed E-state index contributed by atoms with van der Waals surface area (Å²) >= 11 is 0. The van der Waals surface area contributed by atoms with E-state index in [0.29, 0.717) is 12.2 Å². The number of hydrogen-bond acceptors (Lipinski definition) is 2. The van der Waals surface area contributed by atoms with Gasteiger partial charge < -0.3 is 14.6 Å². The summed E-state index contributed by atoms with van der Waals surface area (Å²) in [5.41, 5.74) is 3.20. The number of carbonyl (C=O) groups excluding carboxylic acids is 1. The number of ether oxygens (including phenoxy) is 1. The van der Waals surface area contributed by atoms with Crippen LogP contribution in [-0.4, -0.2) is 24.1 Å². The number of allylic oxidation sites excluding steroid dienone is 1. The molecule has 23 heavy (non-hydrogen) atoms. The number of aryl methyl sites for hydroxylation is 1. The summed E-state index contributed by atoms with van der Waals surface area (Å²) in [5, 5.41) is 4.07. The molecule has 1 aliphatic carbocycles. The van der Waals surface area contributed by atoms with Crippen LogP contribution >= 0.6 is 0 Å². The van der Waals surface area contributed by atoms with Crippen molar-refractivity contribution in [1.29, 1.82) is 0 Å². The summed E-state index contributed by atoms with van der Waals surface area (Å²) in [6.45, 7) is 0.704. The molecule has 0 fully saturated rings. The lowest BCUT2D eigenvalue weighted by molar-refractivity contribution is 0.0946. The van der Waals surface area contributed by atoms with Crippen molar-refractivity contribution in [3.8, 4) is 5.75 Å². The van der Waals surface area contributed by atoms with Crippen LogP contribution in [0.15, 0.2) is 35.9 Å². The number of rotatable bonds is 5. The van der Waals surface area contributed by atoms with Crippen LogP contribution in [0, 0.1) is 0 Å². The van der Waals surface area contributed by atoms with Crippen molar-refractivity contribution in [2.24, 2.45) is 7.05 Å². The number of methoxy groups -OCH3 is 1. The van der Waals surface area contributed by atoms with Gasteiger partial charge in [-0.05, 0) is 56.4 Å². The monoisotopic (exact) mass is 312 g/mol. The van der Waals surface area contributed by atoms with Crippen molar-refractivity contribution in [2.75, 3.05) is 13.7 Å². The van der Waals surface area contributed by atoms with Crippen LogP contribution in [0.2, 0.25) is 0 Å². The van der Waals surface area contributed by atoms with E-state index in [4.69, 9.17) is 4.74 Å². The van der Waals surface area contributed by atoms with Crippen LogP contribution in [0.3, 0.4) is 0 Å². The molecule has 0 bridgehead atoms. The summed E-state index contributed by atoms with van der Waals surface area (Å²) in [5.74, 6) is 0.790. The first-order valence-electron chi connectivity index (χ1n) is 8.28. The molecule has 4 nitrogen and oxygen atoms in total. The van der Waals surface area contributed by atoms with Gasteiger partial charge in [0.1, 0.15) is 11.4 Å². The number of aromatic nitrogens is 1. The number of carbonyl (C=O) groups is 1. The molecular weight excluding hydrogens is 288 g/mol. The first-order chi connectivity index (χ1) is 11.2. The molecule has 0 radical (unpaired) electrons. The zero-order chi connectivity index (χ0) is 16.2. The van der Waals surface area contributed by atoms with Crippen LogP contribution in [0.1, 0.15) is 42.6 Å². The Labute approximate surface area is 137 Å². The largest absolute Gasteiger partial charge is 0.497 e. The highest BCUT2D eigenvalue weighted by molar-refractivity contribution is 5.99. The van der Waals surface area contributed by atoms with Crippen molar-refractivity contribution >= 4 is 16.8 Å². The second-order valence-corrected chi connectivity index (χ2v) is 6.13. The highest BCUT2D eigenvalue weighted by Crippen LogP contribution is 2.24. The normalized spacial score (nSPS) is 14.6. The fourth-order valence-corrected chi connectivity index (χ4v) is 3.23. The molecule has 0 spiro atoms. The number of nitrogens with one attached hydrogen (secondary N) is 1. The zero-order valence-corrected chi connectivity index (χ0v) is 13.9. The van der Waals surface area contributed by atoms with Gasteiger partial charge in [-0.2, -0.15) is 0 Å². The third kappa shape index (κ3) is 3.41. The fraction of sp³-hybridized carbons (Fsp3) is 0.421. The molecule has 1 heterocycles. The highest BCUT2D eigenvalue weighted by atomic mass is 16.5. The van der Waals surface area contributed by atoms with E-state index in [2.05, 4.69) is 11.4 Å². The predicted molar refractivity (Wildman–Crippen MR) is 93.0 cm³/mol. The topological polar surface area (TPSA) is 43.3 Å². The summed E-state index contributed by atoms with van der Waals surface area (Å²) in [7, 11) is 3.57. The molecule has 0 aliphatic heterocycles. The van der Waals surface area contributed by atoms with E-state index in [-0.39, 0.29) is 5.91 Å². The third-order valence-electron chi connectivity index (χ3n) is 4.60. The molecule has 1 aromatic heterocycles. The van der Waals surface area contributed by atoms with Gasteiger partial charge >= 0.3 is 0 Å². The van der Waals surface area contributed by atoms with Crippen molar-refractivity contribution in [3.05, 3.63) is 41.6 Å². The third-order valence-corrected chi connectivity index (χ3v) is 4.60. The first-order valence-corrected chi connectivity index (χ1v) is 8.28. The van der Waals surface area contributed by atoms with Gasteiger partial charge in [-0.15, -0.1) is 0 Å². The Morgan fingerprint density at radius 1 is 1.30 bits per heavy atom. The summed E-state index contributed by atoms with van der Waals surface area (Å²) in [4.78, 5) is 12.4. The fourth-order valence-electron chi connectivity index (χ4n) is 3.23. The molecule has 1 N–H and O–H groups in total. The van der Waals surface area contributed by atoms with E-state index in [0.717, 1.165) is 23.1 Å². The molecule has 4 heteroatoms. The van der Waals surface area contributed by atoms with Crippen molar-refractivity contribution in [3.63, 3.8) is 0 Å². The van der Waals surface area contributed by atoms with Crippen LogP contribution in [0.5, 0.6) is 5.75 Å². The molecule has 0 saturated heterocycles. The Morgan fingerprint density at radius 3 is 2.91 bits per heavy atom. The molecule has 0 saturated carbocycles. The van der Waals surface area contributed by atoms with Crippen molar-refractivity contribution in [2.45, 2.75) is 32.1 Å². The SMILES string of the molecule is COc1ccc2c(c1)cc(C(=O)NCCC1=CCCCC1)n2C. The van der Waals surface area contributed by atoms with E-state index < -0.39 is 0 Å². The van der Waals surface area contributed by atoms with Crippen LogP contribution in [0.25, 0.3) is 10.9 Å². The Balaban J connectivity index is 1.68. The van der Waals surface area contributed by atoms with Crippen molar-refractivity contribution < 1.29 is 9.53 Å². The molecule has 1 aromatic carbocycles. The Hall–Kier alpha value is -2.23. The maximum Gasteiger partial charge on any atom is 0.267 e. The molecular formula is C19H24N2O2. The number of benzene rings is 1. The van der Waals surface area contributed by atoms with E-state index in [1.165, 1.54) is 31.3 Å². The number of amides is 1. The Kier molecular flexibility index (Phi) is 4.70. The predicted octanol–water partition coefficient (Wildman–Crippen LogP) is 3.81. The van der Waals surface area contributed by atoms with E-state index in [1.807, 2.05) is 35.9 Å². The standard InChI is InChI=1S/C19H24N2O2/c1-21-17-9-8-16(23-2)12-15(17)13-18(21)19(22)20-11-10-14-6-4-3-5-7-14/h6,8-9,12-13H,3-5,7,10-11H2,1-2H3,(H,20,22). The molecule has 2 aromatic rings. The molecule has 1 aliphatic rings. The first kappa shape index (κ1) is 15.7. The molecule has 0 atom stereocenters. The van der Waals surface area contributed by atoms with E-state index in [1.54, 1.807) is 7.11 Å². The maximum atomic E-state index is 12.4. The summed E-state index contributed by atoms with van der Waals surface area (Å²) in [6, 6.07) is 7.78. The van der Waals surface area contributed by atoms with Gasteiger partial charge in [-0.3, -0.25) is 4.79 Å². The number of fused-ring (bicyclic) bond motifs is 1. The average molecular weight is 312 g/mol. The van der Waals surface area contributed by atoms with Gasteiger partial charge in [0.2, 0.25) is 0 Å². The molecule has 122 valence electrons. The molecule has 3 rings (SSSR count). The van der Waals surface area contributed by atoms with Gasteiger partial charge in [0.25, 0.3) is 5.91 Å². The lowest BCUT2D eigenvalue weighted by Gasteiger charge is -2.13. The van der Waals surface area contributed by atoms with Gasteiger partial charge in [0, 0.05) is 24.5 Å². The Bertz CT molecular complexity index is 743. The quantitative estimate of drug-likeness (QED) is 0.853. The van der Waals surface area contributed by atoms with Crippen molar-refractivity contribution in [1.82, 2.24) is 9.88 Å². The molecule has 0 unspecified atom stereocenters. The second kappa shape index (κ2) is 6.90. The van der Waals surface area contributed by atoms with Gasteiger partial charge in [-0.25, -0.2) is 0 Å². The zero-order valence-electron chi connectivity index (χ0n) is 13.9. The van der Waals surface area contributed by atoms with Gasteiger partial charge in [0.05, 0.1) is 7.11 Å². The Morgan fingerprint density at radius 2 is 2.17 bits per heavy atom. The lowest BCUT2D eigenvalue weighted by atomic mass is 9.97. The maximum absolute atomic E-state index is 12.4. The van der Waals surface area contributed by atoms with Crippen LogP contribution in [-0.2, 0) is 7.05 Å². The minimum absolute atomic E-state index is 0.0147. The minimum atomic E-state index is -0.0147. The van der Waals surface area contributed by atoms with Gasteiger partial charge in [-0.1, -0.05) is 11.6 Å².